The molecule has 4 aromatic carbocycles. The number of aromatic hydroxyl groups is 1. The first-order chi connectivity index (χ1) is 18.0. The van der Waals surface area contributed by atoms with Crippen molar-refractivity contribution in [3.05, 3.63) is 107 Å². The third kappa shape index (κ3) is 5.03. The maximum Gasteiger partial charge on any atom is 0.269 e. The number of fused-ring (bicyclic) bond motifs is 3. The van der Waals surface area contributed by atoms with Crippen molar-refractivity contribution in [2.45, 2.75) is 6.54 Å². The van der Waals surface area contributed by atoms with E-state index in [0.29, 0.717) is 16.9 Å². The molecule has 5 rings (SSSR count). The Kier molecular flexibility index (Phi) is 6.37. The first-order valence-corrected chi connectivity index (χ1v) is 11.3. The van der Waals surface area contributed by atoms with Crippen molar-refractivity contribution in [1.29, 1.82) is 0 Å². The van der Waals surface area contributed by atoms with Crippen LogP contribution in [0.4, 0.5) is 17.1 Å². The number of carbonyl (C=O) groups is 1. The molecule has 0 unspecified atom stereocenters. The number of phenols is 1. The van der Waals surface area contributed by atoms with Crippen molar-refractivity contribution in [2.75, 3.05) is 0 Å². The van der Waals surface area contributed by atoms with Gasteiger partial charge in [0.25, 0.3) is 11.6 Å². The molecule has 0 spiro atoms. The Morgan fingerprint density at radius 1 is 0.892 bits per heavy atom. The van der Waals surface area contributed by atoms with Crippen LogP contribution in [0.1, 0.15) is 5.56 Å². The average Bonchev–Trinajstić information content (AvgIpc) is 3.23. The highest BCUT2D eigenvalue weighted by atomic mass is 16.6. The highest BCUT2D eigenvalue weighted by Crippen LogP contribution is 2.28. The number of para-hydroxylation sites is 2. The summed E-state index contributed by atoms with van der Waals surface area (Å²) in [6.07, 6.45) is 1.32. The van der Waals surface area contributed by atoms with Crippen molar-refractivity contribution >= 4 is 51.0 Å². The molecular formula is C27H20N6O4. The third-order valence-electron chi connectivity index (χ3n) is 5.73. The number of carbonyl (C=O) groups excluding carboxylic acids is 1. The highest BCUT2D eigenvalue weighted by molar-refractivity contribution is 6.08. The van der Waals surface area contributed by atoms with Crippen molar-refractivity contribution in [1.82, 2.24) is 9.99 Å². The fraction of sp³-hybridized carbons (Fsp3) is 0.0370. The van der Waals surface area contributed by atoms with Crippen LogP contribution in [0.25, 0.3) is 21.8 Å². The van der Waals surface area contributed by atoms with Crippen LogP contribution in [0, 0.1) is 10.1 Å². The Labute approximate surface area is 210 Å². The van der Waals surface area contributed by atoms with E-state index in [0.717, 1.165) is 21.8 Å². The summed E-state index contributed by atoms with van der Waals surface area (Å²) in [7, 11) is 0. The number of phenolic OH excluding ortho intramolecular Hbond substituents is 1. The first-order valence-electron chi connectivity index (χ1n) is 11.3. The van der Waals surface area contributed by atoms with Crippen LogP contribution in [0.5, 0.6) is 5.75 Å². The van der Waals surface area contributed by atoms with Gasteiger partial charge in [0.05, 0.1) is 22.5 Å². The van der Waals surface area contributed by atoms with Gasteiger partial charge in [-0.1, -0.05) is 36.4 Å². The van der Waals surface area contributed by atoms with Gasteiger partial charge in [-0.3, -0.25) is 14.9 Å². The van der Waals surface area contributed by atoms with E-state index in [1.54, 1.807) is 12.1 Å². The van der Waals surface area contributed by atoms with E-state index in [-0.39, 0.29) is 23.9 Å². The zero-order valence-corrected chi connectivity index (χ0v) is 19.4. The largest absolute Gasteiger partial charge is 0.507 e. The van der Waals surface area contributed by atoms with Crippen molar-refractivity contribution < 1.29 is 14.8 Å². The number of nitrogens with zero attached hydrogens (tertiary/aromatic N) is 5. The number of benzene rings is 4. The molecule has 1 heterocycles. The molecule has 0 aliphatic heterocycles. The number of hydrogen-bond donors (Lipinski definition) is 2. The van der Waals surface area contributed by atoms with Crippen molar-refractivity contribution in [2.24, 2.45) is 15.3 Å². The van der Waals surface area contributed by atoms with Crippen LogP contribution >= 0.6 is 0 Å². The second-order valence-electron chi connectivity index (χ2n) is 8.13. The number of hydrazone groups is 1. The lowest BCUT2D eigenvalue weighted by atomic mass is 10.2. The maximum absolute atomic E-state index is 12.7. The van der Waals surface area contributed by atoms with Crippen LogP contribution in [-0.2, 0) is 11.3 Å². The molecule has 0 atom stereocenters. The van der Waals surface area contributed by atoms with Gasteiger partial charge in [0.15, 0.2) is 0 Å². The molecule has 1 amide bonds. The lowest BCUT2D eigenvalue weighted by Crippen LogP contribution is -2.23. The zero-order valence-electron chi connectivity index (χ0n) is 19.4. The van der Waals surface area contributed by atoms with E-state index in [1.807, 2.05) is 53.1 Å². The normalized spacial score (nSPS) is 11.6. The van der Waals surface area contributed by atoms with Gasteiger partial charge < -0.3 is 9.67 Å². The molecule has 10 nitrogen and oxygen atoms in total. The van der Waals surface area contributed by atoms with Crippen LogP contribution < -0.4 is 5.43 Å². The summed E-state index contributed by atoms with van der Waals surface area (Å²) in [6.45, 7) is 0.0703. The second kappa shape index (κ2) is 10.1. The van der Waals surface area contributed by atoms with Gasteiger partial charge in [-0.2, -0.15) is 15.3 Å². The van der Waals surface area contributed by atoms with Gasteiger partial charge in [-0.25, -0.2) is 5.43 Å². The molecule has 0 bridgehead atoms. The molecule has 0 saturated heterocycles. The summed E-state index contributed by atoms with van der Waals surface area (Å²) in [5.41, 5.74) is 5.56. The van der Waals surface area contributed by atoms with E-state index in [1.165, 1.54) is 36.5 Å². The van der Waals surface area contributed by atoms with Crippen LogP contribution in [-0.4, -0.2) is 26.7 Å². The number of aromatic nitrogens is 1. The van der Waals surface area contributed by atoms with E-state index in [2.05, 4.69) is 20.8 Å². The zero-order chi connectivity index (χ0) is 25.8. The van der Waals surface area contributed by atoms with Crippen molar-refractivity contribution in [3.8, 4) is 5.75 Å². The van der Waals surface area contributed by atoms with Gasteiger partial charge >= 0.3 is 0 Å². The topological polar surface area (TPSA) is 134 Å². The Balaban J connectivity index is 1.28. The predicted octanol–water partition coefficient (Wildman–Crippen LogP) is 5.97. The van der Waals surface area contributed by atoms with E-state index >= 15 is 0 Å². The average molecular weight is 492 g/mol. The molecule has 182 valence electrons. The standard InChI is InChI=1S/C27H20N6O4/c34-26-14-11-20(30-29-19-9-12-21(13-10-19)33(36)37)15-18(26)16-28-31-27(35)17-32-24-7-3-1-5-22(24)23-6-2-4-8-25(23)32/h1-16,34H,17H2,(H,31,35)/b28-16+,30-29?. The number of rotatable bonds is 7. The molecule has 0 fully saturated rings. The molecule has 0 saturated carbocycles. The molecule has 0 radical (unpaired) electrons. The van der Waals surface area contributed by atoms with Crippen molar-refractivity contribution in [3.63, 3.8) is 0 Å². The molecule has 0 aliphatic carbocycles. The number of nitro benzene ring substituents is 1. The molecular weight excluding hydrogens is 472 g/mol. The number of azo groups is 1. The summed E-state index contributed by atoms with van der Waals surface area (Å²) in [5, 5.41) is 35.2. The smallest absolute Gasteiger partial charge is 0.269 e. The summed E-state index contributed by atoms with van der Waals surface area (Å²) in [5.74, 6) is -0.369. The monoisotopic (exact) mass is 492 g/mol. The van der Waals surface area contributed by atoms with Gasteiger partial charge in [-0.05, 0) is 42.5 Å². The summed E-state index contributed by atoms with van der Waals surface area (Å²) in [4.78, 5) is 23.0. The molecule has 0 aliphatic rings. The Bertz CT molecular complexity index is 1640. The quantitative estimate of drug-likeness (QED) is 0.125. The second-order valence-corrected chi connectivity index (χ2v) is 8.13. The molecule has 2 N–H and O–H groups in total. The molecule has 10 heteroatoms. The van der Waals surface area contributed by atoms with E-state index < -0.39 is 4.92 Å². The van der Waals surface area contributed by atoms with Crippen LogP contribution in [0.3, 0.4) is 0 Å². The summed E-state index contributed by atoms with van der Waals surface area (Å²) < 4.78 is 1.94. The van der Waals surface area contributed by atoms with E-state index in [9.17, 15) is 20.0 Å². The fourth-order valence-corrected chi connectivity index (χ4v) is 3.99. The maximum atomic E-state index is 12.7. The fourth-order valence-electron chi connectivity index (χ4n) is 3.99. The number of nitro groups is 1. The highest BCUT2D eigenvalue weighted by Gasteiger charge is 2.12. The van der Waals surface area contributed by atoms with Crippen LogP contribution in [0.2, 0.25) is 0 Å². The van der Waals surface area contributed by atoms with Crippen LogP contribution in [0.15, 0.2) is 106 Å². The summed E-state index contributed by atoms with van der Waals surface area (Å²) >= 11 is 0. The number of hydrogen-bond acceptors (Lipinski definition) is 7. The van der Waals surface area contributed by atoms with Gasteiger partial charge in [0, 0.05) is 39.5 Å². The minimum atomic E-state index is -0.492. The Hall–Kier alpha value is -5.38. The predicted molar refractivity (Wildman–Crippen MR) is 141 cm³/mol. The molecule has 37 heavy (non-hydrogen) atoms. The van der Waals surface area contributed by atoms with Gasteiger partial charge in [-0.15, -0.1) is 0 Å². The SMILES string of the molecule is O=C(Cn1c2ccccc2c2ccccc21)N/N=C/c1cc(N=Nc2ccc([N+](=O)[O-])cc2)ccc1O. The number of amides is 1. The lowest BCUT2D eigenvalue weighted by Gasteiger charge is -2.06. The number of nitrogens with one attached hydrogen (secondary N) is 1. The molecule has 1 aromatic heterocycles. The Morgan fingerprint density at radius 3 is 2.14 bits per heavy atom. The first kappa shape index (κ1) is 23.4. The summed E-state index contributed by atoms with van der Waals surface area (Å²) in [6, 6.07) is 26.0. The minimum Gasteiger partial charge on any atom is -0.507 e. The van der Waals surface area contributed by atoms with E-state index in [4.69, 9.17) is 0 Å². The third-order valence-corrected chi connectivity index (χ3v) is 5.73. The minimum absolute atomic E-state index is 0.0396. The Morgan fingerprint density at radius 2 is 1.49 bits per heavy atom. The molecule has 5 aromatic rings. The lowest BCUT2D eigenvalue weighted by molar-refractivity contribution is -0.384. The van der Waals surface area contributed by atoms with Gasteiger partial charge in [0.2, 0.25) is 0 Å². The van der Waals surface area contributed by atoms with Gasteiger partial charge in [0.1, 0.15) is 12.3 Å². The number of non-ortho nitro benzene ring substituents is 1.